The molecule has 122 valence electrons. The maximum absolute atomic E-state index is 10.9. The van der Waals surface area contributed by atoms with E-state index in [2.05, 4.69) is 43.2 Å². The van der Waals surface area contributed by atoms with E-state index in [0.29, 0.717) is 12.4 Å². The van der Waals surface area contributed by atoms with Crippen LogP contribution in [-0.2, 0) is 4.74 Å². The van der Waals surface area contributed by atoms with Crippen LogP contribution in [-0.4, -0.2) is 46.5 Å². The number of nitrogens with one attached hydrogen (secondary N) is 2. The summed E-state index contributed by atoms with van der Waals surface area (Å²) in [5.41, 5.74) is -0.398. The van der Waals surface area contributed by atoms with Gasteiger partial charge < -0.3 is 20.5 Å². The van der Waals surface area contributed by atoms with Crippen molar-refractivity contribution in [3.05, 3.63) is 15.1 Å². The van der Waals surface area contributed by atoms with Crippen molar-refractivity contribution in [2.45, 2.75) is 37.3 Å². The van der Waals surface area contributed by atoms with Crippen molar-refractivity contribution in [2.75, 3.05) is 19.0 Å². The maximum Gasteiger partial charge on any atom is 0.404 e. The molecule has 0 atom stereocenters. The molecule has 0 unspecified atom stereocenters. The molecule has 9 heteroatoms. The predicted molar refractivity (Wildman–Crippen MR) is 91.4 cm³/mol. The summed E-state index contributed by atoms with van der Waals surface area (Å²) in [6.45, 7) is 0.302. The third-order valence-corrected chi connectivity index (χ3v) is 4.87. The van der Waals surface area contributed by atoms with Crippen LogP contribution in [0.25, 0.3) is 0 Å². The van der Waals surface area contributed by atoms with Crippen molar-refractivity contribution in [1.82, 2.24) is 15.3 Å². The first kappa shape index (κ1) is 17.5. The minimum Gasteiger partial charge on any atom is -0.465 e. The Kier molecular flexibility index (Phi) is 6.04. The van der Waals surface area contributed by atoms with Crippen LogP contribution in [0.15, 0.2) is 6.20 Å². The van der Waals surface area contributed by atoms with Crippen molar-refractivity contribution < 1.29 is 14.6 Å². The van der Waals surface area contributed by atoms with Crippen molar-refractivity contribution >= 4 is 46.1 Å². The average Bonchev–Trinajstić information content (AvgIpc) is 2.50. The molecule has 0 aromatic carbocycles. The van der Waals surface area contributed by atoms with Crippen LogP contribution >= 0.6 is 34.2 Å². The fourth-order valence-electron chi connectivity index (χ4n) is 2.65. The van der Waals surface area contributed by atoms with Crippen LogP contribution in [0.5, 0.6) is 0 Å². The SMILES string of the molecule is COC1CCC(CNC(=O)O)(Nc2nc(Cl)ncc2I)CC1. The summed E-state index contributed by atoms with van der Waals surface area (Å²) in [6, 6.07) is 0. The van der Waals surface area contributed by atoms with Gasteiger partial charge in [0.15, 0.2) is 0 Å². The number of nitrogens with zero attached hydrogens (tertiary/aromatic N) is 2. The molecule has 1 aromatic heterocycles. The number of hydrogen-bond donors (Lipinski definition) is 3. The van der Waals surface area contributed by atoms with Crippen molar-refractivity contribution in [3.63, 3.8) is 0 Å². The molecule has 1 saturated carbocycles. The third kappa shape index (κ3) is 4.56. The lowest BCUT2D eigenvalue weighted by Gasteiger charge is -2.41. The van der Waals surface area contributed by atoms with Gasteiger partial charge in [0.1, 0.15) is 5.82 Å². The van der Waals surface area contributed by atoms with E-state index in [9.17, 15) is 4.79 Å². The normalized spacial score (nSPS) is 24.8. The molecule has 7 nitrogen and oxygen atoms in total. The molecule has 0 radical (unpaired) electrons. The van der Waals surface area contributed by atoms with Gasteiger partial charge in [0.25, 0.3) is 0 Å². The number of hydrogen-bond acceptors (Lipinski definition) is 5. The van der Waals surface area contributed by atoms with Gasteiger partial charge in [-0.3, -0.25) is 0 Å². The molecule has 0 saturated heterocycles. The smallest absolute Gasteiger partial charge is 0.404 e. The highest BCUT2D eigenvalue weighted by Crippen LogP contribution is 2.33. The predicted octanol–water partition coefficient (Wildman–Crippen LogP) is 2.74. The molecule has 0 spiro atoms. The van der Waals surface area contributed by atoms with Crippen LogP contribution in [0.1, 0.15) is 25.7 Å². The first-order valence-electron chi connectivity index (χ1n) is 6.90. The molecule has 1 amide bonds. The molecule has 2 rings (SSSR count). The van der Waals surface area contributed by atoms with E-state index in [1.54, 1.807) is 13.3 Å². The minimum atomic E-state index is -1.04. The number of aromatic nitrogens is 2. The summed E-state index contributed by atoms with van der Waals surface area (Å²) in [4.78, 5) is 19.0. The Hall–Kier alpha value is -0.870. The number of halogens is 2. The molecule has 1 heterocycles. The zero-order valence-corrected chi connectivity index (χ0v) is 15.0. The Morgan fingerprint density at radius 3 is 2.86 bits per heavy atom. The second-order valence-corrected chi connectivity index (χ2v) is 6.83. The van der Waals surface area contributed by atoms with E-state index in [4.69, 9.17) is 21.4 Å². The lowest BCUT2D eigenvalue weighted by Crippen LogP contribution is -2.52. The summed E-state index contributed by atoms with van der Waals surface area (Å²) in [5, 5.41) is 14.9. The number of ether oxygens (including phenoxy) is 1. The molecule has 1 aliphatic rings. The summed E-state index contributed by atoms with van der Waals surface area (Å²) >= 11 is 7.98. The van der Waals surface area contributed by atoms with E-state index in [1.165, 1.54) is 0 Å². The van der Waals surface area contributed by atoms with Crippen LogP contribution in [0.2, 0.25) is 5.28 Å². The Bertz CT molecular complexity index is 538. The van der Waals surface area contributed by atoms with Crippen molar-refractivity contribution in [3.8, 4) is 0 Å². The van der Waals surface area contributed by atoms with E-state index in [0.717, 1.165) is 29.3 Å². The highest BCUT2D eigenvalue weighted by Gasteiger charge is 2.36. The third-order valence-electron chi connectivity index (χ3n) is 3.90. The topological polar surface area (TPSA) is 96.4 Å². The number of carboxylic acid groups (broad SMARTS) is 1. The van der Waals surface area contributed by atoms with Gasteiger partial charge in [-0.15, -0.1) is 0 Å². The first-order valence-corrected chi connectivity index (χ1v) is 8.35. The standard InChI is InChI=1S/C13H18ClIN4O3/c1-22-8-2-4-13(5-3-8,7-17-12(20)21)19-10-9(15)6-16-11(14)18-10/h6,8,17H,2-5,7H2,1H3,(H,20,21)(H,16,18,19). The number of amides is 1. The maximum atomic E-state index is 10.9. The molecule has 0 bridgehead atoms. The zero-order chi connectivity index (χ0) is 16.2. The van der Waals surface area contributed by atoms with Gasteiger partial charge in [0.2, 0.25) is 5.28 Å². The summed E-state index contributed by atoms with van der Waals surface area (Å²) in [5.74, 6) is 0.628. The summed E-state index contributed by atoms with van der Waals surface area (Å²) in [6.07, 6.45) is 4.10. The number of methoxy groups -OCH3 is 1. The lowest BCUT2D eigenvalue weighted by atomic mass is 9.80. The van der Waals surface area contributed by atoms with E-state index in [1.807, 2.05) is 0 Å². The quantitative estimate of drug-likeness (QED) is 0.481. The molecule has 0 aliphatic heterocycles. The fourth-order valence-corrected chi connectivity index (χ4v) is 3.18. The van der Waals surface area contributed by atoms with Crippen LogP contribution < -0.4 is 10.6 Å². The van der Waals surface area contributed by atoms with Crippen LogP contribution in [0, 0.1) is 3.57 Å². The zero-order valence-electron chi connectivity index (χ0n) is 12.1. The van der Waals surface area contributed by atoms with E-state index in [-0.39, 0.29) is 11.4 Å². The van der Waals surface area contributed by atoms with Gasteiger partial charge in [-0.05, 0) is 59.9 Å². The van der Waals surface area contributed by atoms with Gasteiger partial charge in [-0.2, -0.15) is 4.98 Å². The number of anilines is 1. The van der Waals surface area contributed by atoms with Gasteiger partial charge in [0, 0.05) is 19.9 Å². The van der Waals surface area contributed by atoms with Gasteiger partial charge >= 0.3 is 6.09 Å². The van der Waals surface area contributed by atoms with Crippen LogP contribution in [0.4, 0.5) is 10.6 Å². The van der Waals surface area contributed by atoms with E-state index < -0.39 is 11.6 Å². The number of carbonyl (C=O) groups is 1. The van der Waals surface area contributed by atoms with Crippen molar-refractivity contribution in [1.29, 1.82) is 0 Å². The molecule has 1 aromatic rings. The molecule has 22 heavy (non-hydrogen) atoms. The summed E-state index contributed by atoms with van der Waals surface area (Å²) < 4.78 is 6.23. The molecule has 3 N–H and O–H groups in total. The highest BCUT2D eigenvalue weighted by molar-refractivity contribution is 14.1. The summed E-state index contributed by atoms with van der Waals surface area (Å²) in [7, 11) is 1.70. The Labute approximate surface area is 147 Å². The van der Waals surface area contributed by atoms with Gasteiger partial charge in [0.05, 0.1) is 15.2 Å². The molecule has 1 aliphatic carbocycles. The second-order valence-electron chi connectivity index (χ2n) is 5.33. The first-order chi connectivity index (χ1) is 10.4. The lowest BCUT2D eigenvalue weighted by molar-refractivity contribution is 0.0535. The van der Waals surface area contributed by atoms with Crippen LogP contribution in [0.3, 0.4) is 0 Å². The average molecular weight is 441 g/mol. The fraction of sp³-hybridized carbons (Fsp3) is 0.615. The molecule has 1 fully saturated rings. The Morgan fingerprint density at radius 1 is 1.59 bits per heavy atom. The molecular formula is C13H18ClIN4O3. The Balaban J connectivity index is 2.17. The minimum absolute atomic E-state index is 0.162. The van der Waals surface area contributed by atoms with Gasteiger partial charge in [-0.1, -0.05) is 0 Å². The Morgan fingerprint density at radius 2 is 2.27 bits per heavy atom. The monoisotopic (exact) mass is 440 g/mol. The highest BCUT2D eigenvalue weighted by atomic mass is 127. The number of rotatable bonds is 5. The van der Waals surface area contributed by atoms with E-state index >= 15 is 0 Å². The molecular weight excluding hydrogens is 423 g/mol. The van der Waals surface area contributed by atoms with Gasteiger partial charge in [-0.25, -0.2) is 9.78 Å². The largest absolute Gasteiger partial charge is 0.465 e. The van der Waals surface area contributed by atoms with Crippen molar-refractivity contribution in [2.24, 2.45) is 0 Å². The second kappa shape index (κ2) is 7.60.